The molecular weight excluding hydrogens is 350 g/mol. The van der Waals surface area contributed by atoms with Gasteiger partial charge in [-0.25, -0.2) is 0 Å². The molecule has 0 atom stereocenters. The SMILES string of the molecule is COc1cccc(-c2nnc(SCCC(=O)Nc3cccc(C)c3)o2)c1. The van der Waals surface area contributed by atoms with Gasteiger partial charge in [-0.15, -0.1) is 10.2 Å². The van der Waals surface area contributed by atoms with Crippen LogP contribution >= 0.6 is 11.8 Å². The van der Waals surface area contributed by atoms with Crippen LogP contribution in [0.4, 0.5) is 5.69 Å². The van der Waals surface area contributed by atoms with Gasteiger partial charge in [0.25, 0.3) is 5.22 Å². The number of rotatable bonds is 7. The monoisotopic (exact) mass is 369 g/mol. The first kappa shape index (κ1) is 18.0. The topological polar surface area (TPSA) is 77.2 Å². The van der Waals surface area contributed by atoms with Crippen molar-refractivity contribution in [1.82, 2.24) is 10.2 Å². The number of nitrogens with one attached hydrogen (secondary N) is 1. The lowest BCUT2D eigenvalue weighted by Gasteiger charge is -2.05. The van der Waals surface area contributed by atoms with Crippen LogP contribution in [-0.4, -0.2) is 29.0 Å². The van der Waals surface area contributed by atoms with Gasteiger partial charge in [-0.05, 0) is 42.8 Å². The van der Waals surface area contributed by atoms with E-state index in [9.17, 15) is 4.79 Å². The van der Waals surface area contributed by atoms with Crippen molar-refractivity contribution in [2.24, 2.45) is 0 Å². The molecule has 134 valence electrons. The summed E-state index contributed by atoms with van der Waals surface area (Å²) in [6.45, 7) is 1.99. The Kier molecular flexibility index (Phi) is 5.91. The first-order valence-corrected chi connectivity index (χ1v) is 9.10. The molecule has 0 spiro atoms. The minimum atomic E-state index is -0.0457. The first-order chi connectivity index (χ1) is 12.6. The number of methoxy groups -OCH3 is 1. The van der Waals surface area contributed by atoms with Gasteiger partial charge in [0, 0.05) is 23.4 Å². The zero-order valence-electron chi connectivity index (χ0n) is 14.6. The number of carbonyl (C=O) groups excluding carboxylic acids is 1. The molecule has 1 N–H and O–H groups in total. The summed E-state index contributed by atoms with van der Waals surface area (Å²) in [4.78, 5) is 12.0. The second-order valence-electron chi connectivity index (χ2n) is 5.62. The van der Waals surface area contributed by atoms with Crippen LogP contribution in [0.1, 0.15) is 12.0 Å². The van der Waals surface area contributed by atoms with Crippen molar-refractivity contribution >= 4 is 23.4 Å². The molecule has 0 aliphatic carbocycles. The molecule has 0 fully saturated rings. The Bertz CT molecular complexity index is 895. The lowest BCUT2D eigenvalue weighted by molar-refractivity contribution is -0.115. The number of nitrogens with zero attached hydrogens (tertiary/aromatic N) is 2. The van der Waals surface area contributed by atoms with Gasteiger partial charge in [0.05, 0.1) is 7.11 Å². The zero-order valence-corrected chi connectivity index (χ0v) is 15.4. The highest BCUT2D eigenvalue weighted by atomic mass is 32.2. The molecular formula is C19H19N3O3S. The summed E-state index contributed by atoms with van der Waals surface area (Å²) in [5.41, 5.74) is 2.70. The van der Waals surface area contributed by atoms with Crippen molar-refractivity contribution < 1.29 is 13.9 Å². The van der Waals surface area contributed by atoms with Gasteiger partial charge in [0.2, 0.25) is 11.8 Å². The molecule has 3 rings (SSSR count). The number of hydrogen-bond donors (Lipinski definition) is 1. The average molecular weight is 369 g/mol. The normalized spacial score (nSPS) is 10.5. The van der Waals surface area contributed by atoms with Gasteiger partial charge in [-0.3, -0.25) is 4.79 Å². The van der Waals surface area contributed by atoms with Crippen LogP contribution in [-0.2, 0) is 4.79 Å². The highest BCUT2D eigenvalue weighted by Crippen LogP contribution is 2.26. The largest absolute Gasteiger partial charge is 0.497 e. The van der Waals surface area contributed by atoms with Crippen molar-refractivity contribution in [3.63, 3.8) is 0 Å². The molecule has 3 aromatic rings. The summed E-state index contributed by atoms with van der Waals surface area (Å²) in [5, 5.41) is 11.4. The van der Waals surface area contributed by atoms with Gasteiger partial charge in [-0.2, -0.15) is 0 Å². The molecule has 7 heteroatoms. The summed E-state index contributed by atoms with van der Waals surface area (Å²) in [5.74, 6) is 1.66. The molecule has 1 amide bonds. The highest BCUT2D eigenvalue weighted by Gasteiger charge is 2.11. The summed E-state index contributed by atoms with van der Waals surface area (Å²) < 4.78 is 10.8. The third-order valence-corrected chi connectivity index (χ3v) is 4.40. The van der Waals surface area contributed by atoms with E-state index in [1.54, 1.807) is 7.11 Å². The fourth-order valence-electron chi connectivity index (χ4n) is 2.32. The van der Waals surface area contributed by atoms with Crippen LogP contribution in [0.25, 0.3) is 11.5 Å². The van der Waals surface area contributed by atoms with Crippen LogP contribution in [0.2, 0.25) is 0 Å². The second kappa shape index (κ2) is 8.53. The molecule has 0 aliphatic heterocycles. The lowest BCUT2D eigenvalue weighted by atomic mass is 10.2. The van der Waals surface area contributed by atoms with E-state index < -0.39 is 0 Å². The molecule has 0 aliphatic rings. The maximum atomic E-state index is 12.0. The number of ether oxygens (including phenoxy) is 1. The molecule has 26 heavy (non-hydrogen) atoms. The molecule has 0 saturated carbocycles. The lowest BCUT2D eigenvalue weighted by Crippen LogP contribution is -2.12. The minimum absolute atomic E-state index is 0.0457. The van der Waals surface area contributed by atoms with E-state index in [0.717, 1.165) is 22.6 Å². The van der Waals surface area contributed by atoms with Gasteiger partial charge in [-0.1, -0.05) is 30.0 Å². The van der Waals surface area contributed by atoms with Crippen LogP contribution in [0.5, 0.6) is 5.75 Å². The van der Waals surface area contributed by atoms with E-state index in [-0.39, 0.29) is 5.91 Å². The third kappa shape index (κ3) is 4.86. The Labute approximate surface area is 156 Å². The number of hydrogen-bond acceptors (Lipinski definition) is 6. The Morgan fingerprint density at radius 2 is 2.04 bits per heavy atom. The molecule has 0 bridgehead atoms. The predicted molar refractivity (Wildman–Crippen MR) is 101 cm³/mol. The quantitative estimate of drug-likeness (QED) is 0.630. The number of carbonyl (C=O) groups is 1. The first-order valence-electron chi connectivity index (χ1n) is 8.11. The van der Waals surface area contributed by atoms with Crippen molar-refractivity contribution in [3.05, 3.63) is 54.1 Å². The van der Waals surface area contributed by atoms with Gasteiger partial charge in [0.15, 0.2) is 0 Å². The van der Waals surface area contributed by atoms with Gasteiger partial charge < -0.3 is 14.5 Å². The molecule has 1 aromatic heterocycles. The van der Waals surface area contributed by atoms with Crippen molar-refractivity contribution in [2.45, 2.75) is 18.6 Å². The summed E-state index contributed by atoms with van der Waals surface area (Å²) in [6, 6.07) is 15.1. The molecule has 2 aromatic carbocycles. The van der Waals surface area contributed by atoms with Crippen molar-refractivity contribution in [1.29, 1.82) is 0 Å². The Balaban J connectivity index is 1.51. The van der Waals surface area contributed by atoms with E-state index >= 15 is 0 Å². The number of benzene rings is 2. The van der Waals surface area contributed by atoms with Crippen LogP contribution in [0.15, 0.2) is 58.2 Å². The maximum Gasteiger partial charge on any atom is 0.276 e. The second-order valence-corrected chi connectivity index (χ2v) is 6.67. The number of aromatic nitrogens is 2. The Morgan fingerprint density at radius 3 is 2.85 bits per heavy atom. The van der Waals surface area contributed by atoms with Gasteiger partial charge in [0.1, 0.15) is 5.75 Å². The minimum Gasteiger partial charge on any atom is -0.497 e. The zero-order chi connectivity index (χ0) is 18.4. The van der Waals surface area contributed by atoms with Crippen LogP contribution in [0, 0.1) is 6.92 Å². The molecule has 6 nitrogen and oxygen atoms in total. The Morgan fingerprint density at radius 1 is 1.19 bits per heavy atom. The number of thioether (sulfide) groups is 1. The van der Waals surface area contributed by atoms with E-state index in [1.165, 1.54) is 11.8 Å². The molecule has 0 radical (unpaired) electrons. The fourth-order valence-corrected chi connectivity index (χ4v) is 3.02. The number of anilines is 1. The van der Waals surface area contributed by atoms with Crippen LogP contribution < -0.4 is 10.1 Å². The summed E-state index contributed by atoms with van der Waals surface area (Å²) >= 11 is 1.36. The fraction of sp³-hybridized carbons (Fsp3) is 0.211. The third-order valence-electron chi connectivity index (χ3n) is 3.58. The van der Waals surface area contributed by atoms with E-state index in [2.05, 4.69) is 15.5 Å². The standard InChI is InChI=1S/C19H19N3O3S/c1-13-5-3-7-15(11-13)20-17(23)9-10-26-19-22-21-18(25-19)14-6-4-8-16(12-14)24-2/h3-8,11-12H,9-10H2,1-2H3,(H,20,23). The van der Waals surface area contributed by atoms with Gasteiger partial charge >= 0.3 is 0 Å². The van der Waals surface area contributed by atoms with Crippen LogP contribution in [0.3, 0.4) is 0 Å². The predicted octanol–water partition coefficient (Wildman–Crippen LogP) is 4.17. The maximum absolute atomic E-state index is 12.0. The summed E-state index contributed by atoms with van der Waals surface area (Å²) in [6.07, 6.45) is 0.357. The smallest absolute Gasteiger partial charge is 0.276 e. The van der Waals surface area contributed by atoms with E-state index in [0.29, 0.717) is 23.3 Å². The van der Waals surface area contributed by atoms with Crippen molar-refractivity contribution in [2.75, 3.05) is 18.2 Å². The van der Waals surface area contributed by atoms with Crippen molar-refractivity contribution in [3.8, 4) is 17.2 Å². The molecule has 0 unspecified atom stereocenters. The van der Waals surface area contributed by atoms with E-state index in [4.69, 9.17) is 9.15 Å². The highest BCUT2D eigenvalue weighted by molar-refractivity contribution is 7.99. The Hall–Kier alpha value is -2.80. The number of amides is 1. The van der Waals surface area contributed by atoms with E-state index in [1.807, 2.05) is 55.5 Å². The molecule has 0 saturated heterocycles. The molecule has 1 heterocycles. The summed E-state index contributed by atoms with van der Waals surface area (Å²) in [7, 11) is 1.61. The average Bonchev–Trinajstić information content (AvgIpc) is 3.11. The number of aryl methyl sites for hydroxylation is 1.